The fraction of sp³-hybridized carbons (Fsp3) is 0.565. The SMILES string of the molecule is CCOC(=O)C1CCC(N2CC(NC(=O)CNc3nn(C(N)=O)c4ccc(C(F)(F)F)cc34)C2)CC1. The molecule has 2 aromatic rings. The number of alkyl halides is 3. The Labute approximate surface area is 205 Å². The fourth-order valence-corrected chi connectivity index (χ4v) is 4.87. The summed E-state index contributed by atoms with van der Waals surface area (Å²) in [5.41, 5.74) is 4.48. The first-order valence-electron chi connectivity index (χ1n) is 11.9. The van der Waals surface area contributed by atoms with E-state index in [1.165, 1.54) is 0 Å². The highest BCUT2D eigenvalue weighted by Gasteiger charge is 2.37. The fourth-order valence-electron chi connectivity index (χ4n) is 4.87. The topological polar surface area (TPSA) is 132 Å². The molecule has 1 aromatic heterocycles. The molecule has 1 aliphatic heterocycles. The number of likely N-dealkylation sites (tertiary alicyclic amines) is 1. The smallest absolute Gasteiger partial charge is 0.416 e. The Morgan fingerprint density at radius 1 is 1.17 bits per heavy atom. The Bertz CT molecular complexity index is 1140. The second-order valence-electron chi connectivity index (χ2n) is 9.16. The van der Waals surface area contributed by atoms with E-state index in [1.807, 2.05) is 0 Å². The van der Waals surface area contributed by atoms with Gasteiger partial charge in [-0.15, -0.1) is 5.10 Å². The number of nitrogens with two attached hydrogens (primary N) is 1. The van der Waals surface area contributed by atoms with Gasteiger partial charge < -0.3 is 21.1 Å². The monoisotopic (exact) mass is 510 g/mol. The van der Waals surface area contributed by atoms with E-state index in [2.05, 4.69) is 20.6 Å². The highest BCUT2D eigenvalue weighted by molar-refractivity contribution is 5.97. The highest BCUT2D eigenvalue weighted by atomic mass is 19.4. The average molecular weight is 511 g/mol. The Morgan fingerprint density at radius 3 is 2.47 bits per heavy atom. The summed E-state index contributed by atoms with van der Waals surface area (Å²) in [4.78, 5) is 38.3. The van der Waals surface area contributed by atoms with Crippen LogP contribution in [0, 0.1) is 5.92 Å². The minimum Gasteiger partial charge on any atom is -0.466 e. The summed E-state index contributed by atoms with van der Waals surface area (Å²) in [5.74, 6) is -0.552. The number of aromatic nitrogens is 2. The summed E-state index contributed by atoms with van der Waals surface area (Å²) < 4.78 is 45.3. The Morgan fingerprint density at radius 2 is 1.86 bits per heavy atom. The lowest BCUT2D eigenvalue weighted by molar-refractivity contribution is -0.149. The second kappa shape index (κ2) is 10.3. The molecule has 196 valence electrons. The van der Waals surface area contributed by atoms with Gasteiger partial charge in [0, 0.05) is 24.5 Å². The van der Waals surface area contributed by atoms with E-state index >= 15 is 0 Å². The van der Waals surface area contributed by atoms with Gasteiger partial charge >= 0.3 is 18.2 Å². The van der Waals surface area contributed by atoms with Crippen LogP contribution in [0.2, 0.25) is 0 Å². The number of fused-ring (bicyclic) bond motifs is 1. The van der Waals surface area contributed by atoms with Crippen molar-refractivity contribution in [3.63, 3.8) is 0 Å². The van der Waals surface area contributed by atoms with Gasteiger partial charge in [-0.1, -0.05) is 0 Å². The molecule has 1 aromatic carbocycles. The van der Waals surface area contributed by atoms with Gasteiger partial charge in [0.1, 0.15) is 0 Å². The normalized spacial score (nSPS) is 21.1. The third-order valence-electron chi connectivity index (χ3n) is 6.74. The molecule has 1 aliphatic carbocycles. The third kappa shape index (κ3) is 5.55. The third-order valence-corrected chi connectivity index (χ3v) is 6.74. The zero-order chi connectivity index (χ0) is 26.0. The highest BCUT2D eigenvalue weighted by Crippen LogP contribution is 2.34. The van der Waals surface area contributed by atoms with Crippen molar-refractivity contribution >= 4 is 34.6 Å². The van der Waals surface area contributed by atoms with Crippen LogP contribution >= 0.6 is 0 Å². The summed E-state index contributed by atoms with van der Waals surface area (Å²) in [6.07, 6.45) is -1.18. The quantitative estimate of drug-likeness (QED) is 0.487. The zero-order valence-corrected chi connectivity index (χ0v) is 19.8. The van der Waals surface area contributed by atoms with Crippen LogP contribution in [0.1, 0.15) is 38.2 Å². The number of esters is 1. The van der Waals surface area contributed by atoms with Crippen LogP contribution in [-0.2, 0) is 20.5 Å². The zero-order valence-electron chi connectivity index (χ0n) is 19.8. The number of benzene rings is 1. The largest absolute Gasteiger partial charge is 0.466 e. The number of hydrogen-bond acceptors (Lipinski definition) is 7. The van der Waals surface area contributed by atoms with Gasteiger partial charge in [0.15, 0.2) is 5.82 Å². The van der Waals surface area contributed by atoms with Gasteiger partial charge in [-0.3, -0.25) is 14.5 Å². The standard InChI is InChI=1S/C23H29F3N6O4/c1-2-36-21(34)13-3-6-16(7-4-13)31-11-15(12-31)29-19(33)10-28-20-17-9-14(23(24,25)26)5-8-18(17)32(30-20)22(27)35/h5,8-9,13,15-16H,2-4,6-7,10-12H2,1H3,(H2,27,35)(H,28,30)(H,29,33). The number of carbonyl (C=O) groups is 3. The molecule has 2 fully saturated rings. The first-order chi connectivity index (χ1) is 17.1. The summed E-state index contributed by atoms with van der Waals surface area (Å²) in [7, 11) is 0. The predicted molar refractivity (Wildman–Crippen MR) is 124 cm³/mol. The molecule has 0 bridgehead atoms. The number of carbonyl (C=O) groups excluding carboxylic acids is 3. The van der Waals surface area contributed by atoms with Crippen LogP contribution < -0.4 is 16.4 Å². The molecule has 0 unspecified atom stereocenters. The number of amides is 2. The van der Waals surface area contributed by atoms with Gasteiger partial charge in [-0.2, -0.15) is 17.9 Å². The van der Waals surface area contributed by atoms with E-state index in [-0.39, 0.29) is 47.1 Å². The van der Waals surface area contributed by atoms with Crippen LogP contribution in [0.25, 0.3) is 10.9 Å². The van der Waals surface area contributed by atoms with Crippen LogP contribution in [0.5, 0.6) is 0 Å². The molecule has 1 saturated carbocycles. The first-order valence-corrected chi connectivity index (χ1v) is 11.9. The van der Waals surface area contributed by atoms with Crippen LogP contribution in [0.3, 0.4) is 0 Å². The maximum atomic E-state index is 13.1. The molecular weight excluding hydrogens is 481 g/mol. The maximum absolute atomic E-state index is 13.1. The number of rotatable bonds is 7. The van der Waals surface area contributed by atoms with Crippen molar-refractivity contribution in [2.45, 2.75) is 50.9 Å². The van der Waals surface area contributed by atoms with Crippen LogP contribution in [0.4, 0.5) is 23.8 Å². The van der Waals surface area contributed by atoms with Gasteiger partial charge in [-0.25, -0.2) is 4.79 Å². The lowest BCUT2D eigenvalue weighted by Crippen LogP contribution is -2.63. The van der Waals surface area contributed by atoms with Gasteiger partial charge in [0.05, 0.1) is 36.2 Å². The molecule has 4 rings (SSSR count). The van der Waals surface area contributed by atoms with E-state index in [0.717, 1.165) is 48.6 Å². The van der Waals surface area contributed by atoms with Crippen molar-refractivity contribution in [3.8, 4) is 0 Å². The molecule has 4 N–H and O–H groups in total. The molecule has 0 atom stereocenters. The molecule has 10 nitrogen and oxygen atoms in total. The number of primary amides is 1. The number of hydrogen-bond donors (Lipinski definition) is 3. The van der Waals surface area contributed by atoms with E-state index in [4.69, 9.17) is 10.5 Å². The van der Waals surface area contributed by atoms with Crippen molar-refractivity contribution in [2.24, 2.45) is 11.7 Å². The Balaban J connectivity index is 1.28. The summed E-state index contributed by atoms with van der Waals surface area (Å²) in [5, 5.41) is 9.58. The number of nitrogens with one attached hydrogen (secondary N) is 2. The summed E-state index contributed by atoms with van der Waals surface area (Å²) in [6.45, 7) is 3.33. The minimum atomic E-state index is -4.58. The molecule has 2 aliphatic rings. The van der Waals surface area contributed by atoms with E-state index < -0.39 is 17.8 Å². The summed E-state index contributed by atoms with van der Waals surface area (Å²) in [6, 6.07) is 2.19. The van der Waals surface area contributed by atoms with Crippen molar-refractivity contribution in [3.05, 3.63) is 23.8 Å². The van der Waals surface area contributed by atoms with Crippen LogP contribution in [-0.4, -0.2) is 70.9 Å². The van der Waals surface area contributed by atoms with E-state index in [0.29, 0.717) is 25.7 Å². The van der Waals surface area contributed by atoms with Gasteiger partial charge in [0.2, 0.25) is 5.91 Å². The number of ether oxygens (including phenoxy) is 1. The lowest BCUT2D eigenvalue weighted by Gasteiger charge is -2.46. The molecule has 1 saturated heterocycles. The molecule has 0 radical (unpaired) electrons. The molecule has 36 heavy (non-hydrogen) atoms. The van der Waals surface area contributed by atoms with Crippen LogP contribution in [0.15, 0.2) is 18.2 Å². The Hall–Kier alpha value is -3.35. The molecule has 0 spiro atoms. The minimum absolute atomic E-state index is 0.0321. The van der Waals surface area contributed by atoms with Crippen molar-refractivity contribution in [2.75, 3.05) is 31.6 Å². The van der Waals surface area contributed by atoms with Gasteiger partial charge in [-0.05, 0) is 50.8 Å². The molecule has 2 amide bonds. The van der Waals surface area contributed by atoms with Crippen molar-refractivity contribution < 1.29 is 32.3 Å². The van der Waals surface area contributed by atoms with Crippen molar-refractivity contribution in [1.82, 2.24) is 20.0 Å². The lowest BCUT2D eigenvalue weighted by atomic mass is 9.84. The summed E-state index contributed by atoms with van der Waals surface area (Å²) >= 11 is 0. The Kier molecular flexibility index (Phi) is 7.38. The predicted octanol–water partition coefficient (Wildman–Crippen LogP) is 2.32. The van der Waals surface area contributed by atoms with Crippen molar-refractivity contribution in [1.29, 1.82) is 0 Å². The van der Waals surface area contributed by atoms with E-state index in [9.17, 15) is 27.6 Å². The number of nitrogens with zero attached hydrogens (tertiary/aromatic N) is 3. The van der Waals surface area contributed by atoms with Gasteiger partial charge in [0.25, 0.3) is 0 Å². The molecule has 2 heterocycles. The number of halogens is 3. The van der Waals surface area contributed by atoms with E-state index in [1.54, 1.807) is 6.92 Å². The molecular formula is C23H29F3N6O4. The first kappa shape index (κ1) is 25.7. The average Bonchev–Trinajstić information content (AvgIpc) is 3.18. The molecule has 13 heteroatoms. The second-order valence-corrected chi connectivity index (χ2v) is 9.16. The number of anilines is 1. The maximum Gasteiger partial charge on any atom is 0.416 e.